The molecule has 1 N–H and O–H groups in total. The van der Waals surface area contributed by atoms with E-state index in [0.29, 0.717) is 11.6 Å². The van der Waals surface area contributed by atoms with E-state index in [1.54, 1.807) is 11.3 Å². The van der Waals surface area contributed by atoms with Crippen molar-refractivity contribution in [2.75, 3.05) is 38.0 Å². The van der Waals surface area contributed by atoms with Crippen LogP contribution in [0.15, 0.2) is 36.4 Å². The second-order valence-electron chi connectivity index (χ2n) is 7.61. The second kappa shape index (κ2) is 8.79. The Morgan fingerprint density at radius 3 is 2.59 bits per heavy atom. The van der Waals surface area contributed by atoms with Crippen LogP contribution in [0.25, 0.3) is 10.2 Å². The maximum absolute atomic E-state index is 12.5. The largest absolute Gasteiger partial charge is 0.323 e. The average molecular weight is 429 g/mol. The zero-order chi connectivity index (χ0) is 20.4. The van der Waals surface area contributed by atoms with Crippen molar-refractivity contribution in [3.05, 3.63) is 57.6 Å². The van der Waals surface area contributed by atoms with Crippen LogP contribution >= 0.6 is 22.9 Å². The summed E-state index contributed by atoms with van der Waals surface area (Å²) in [4.78, 5) is 21.8. The van der Waals surface area contributed by atoms with Crippen LogP contribution in [0.1, 0.15) is 16.1 Å². The van der Waals surface area contributed by atoms with E-state index in [2.05, 4.69) is 33.3 Å². The number of amides is 1. The quantitative estimate of drug-likeness (QED) is 0.657. The Kier molecular flexibility index (Phi) is 6.15. The minimum Gasteiger partial charge on any atom is -0.323 e. The third-order valence-corrected chi connectivity index (χ3v) is 6.54. The van der Waals surface area contributed by atoms with Gasteiger partial charge >= 0.3 is 0 Å². The summed E-state index contributed by atoms with van der Waals surface area (Å²) in [5.41, 5.74) is 3.88. The monoisotopic (exact) mass is 428 g/mol. The number of carbonyl (C=O) groups is 1. The van der Waals surface area contributed by atoms with Crippen LogP contribution in [0, 0.1) is 13.8 Å². The van der Waals surface area contributed by atoms with E-state index < -0.39 is 0 Å². The van der Waals surface area contributed by atoms with E-state index in [0.717, 1.165) is 60.1 Å². The maximum Gasteiger partial charge on any atom is 0.238 e. The van der Waals surface area contributed by atoms with Gasteiger partial charge in [0.15, 0.2) is 0 Å². The summed E-state index contributed by atoms with van der Waals surface area (Å²) in [6, 6.07) is 12.2. The van der Waals surface area contributed by atoms with E-state index >= 15 is 0 Å². The first kappa shape index (κ1) is 20.3. The van der Waals surface area contributed by atoms with Gasteiger partial charge in [-0.15, -0.1) is 11.3 Å². The van der Waals surface area contributed by atoms with E-state index in [-0.39, 0.29) is 5.91 Å². The van der Waals surface area contributed by atoms with Gasteiger partial charge in [0.1, 0.15) is 5.01 Å². The lowest BCUT2D eigenvalue weighted by Crippen LogP contribution is -2.48. The molecule has 7 heteroatoms. The van der Waals surface area contributed by atoms with Gasteiger partial charge in [0.05, 0.1) is 34.0 Å². The Labute approximate surface area is 180 Å². The Bertz CT molecular complexity index is 971. The first-order valence-corrected chi connectivity index (χ1v) is 11.0. The lowest BCUT2D eigenvalue weighted by molar-refractivity contribution is -0.117. The second-order valence-corrected chi connectivity index (χ2v) is 9.14. The predicted molar refractivity (Wildman–Crippen MR) is 121 cm³/mol. The van der Waals surface area contributed by atoms with Gasteiger partial charge < -0.3 is 5.32 Å². The van der Waals surface area contributed by atoms with Crippen LogP contribution in [0.4, 0.5) is 5.69 Å². The molecule has 1 aliphatic rings. The Morgan fingerprint density at radius 1 is 1.14 bits per heavy atom. The number of aromatic nitrogens is 1. The number of carbonyl (C=O) groups excluding carboxylic acids is 1. The highest BCUT2D eigenvalue weighted by molar-refractivity contribution is 7.18. The third kappa shape index (κ3) is 4.95. The molecule has 29 heavy (non-hydrogen) atoms. The fourth-order valence-corrected chi connectivity index (χ4v) is 5.12. The van der Waals surface area contributed by atoms with Gasteiger partial charge in [-0.25, -0.2) is 4.98 Å². The maximum atomic E-state index is 12.5. The number of hydrogen-bond acceptors (Lipinski definition) is 5. The highest BCUT2D eigenvalue weighted by Gasteiger charge is 2.20. The minimum atomic E-state index is -0.0153. The van der Waals surface area contributed by atoms with Crippen molar-refractivity contribution in [3.63, 3.8) is 0 Å². The van der Waals surface area contributed by atoms with Gasteiger partial charge in [-0.1, -0.05) is 29.8 Å². The first-order chi connectivity index (χ1) is 14.0. The molecule has 0 bridgehead atoms. The molecule has 4 rings (SSSR count). The van der Waals surface area contributed by atoms with Gasteiger partial charge in [0.2, 0.25) is 5.91 Å². The zero-order valence-corrected chi connectivity index (χ0v) is 18.3. The normalized spacial score (nSPS) is 15.7. The van der Waals surface area contributed by atoms with Crippen molar-refractivity contribution in [2.45, 2.75) is 20.4 Å². The molecular weight excluding hydrogens is 404 g/mol. The summed E-state index contributed by atoms with van der Waals surface area (Å²) in [5.74, 6) is -0.0153. The number of para-hydroxylation sites is 1. The van der Waals surface area contributed by atoms with Crippen molar-refractivity contribution in [1.29, 1.82) is 0 Å². The smallest absolute Gasteiger partial charge is 0.238 e. The molecule has 5 nitrogen and oxygen atoms in total. The number of fused-ring (bicyclic) bond motifs is 1. The number of piperazine rings is 1. The number of nitrogens with zero attached hydrogens (tertiary/aromatic N) is 3. The Balaban J connectivity index is 1.28. The molecule has 1 amide bonds. The topological polar surface area (TPSA) is 48.5 Å². The molecule has 1 saturated heterocycles. The molecule has 0 unspecified atom stereocenters. The van der Waals surface area contributed by atoms with Crippen LogP contribution in [0.3, 0.4) is 0 Å². The van der Waals surface area contributed by atoms with Crippen molar-refractivity contribution in [2.24, 2.45) is 0 Å². The third-order valence-electron chi connectivity index (χ3n) is 5.23. The lowest BCUT2D eigenvalue weighted by atomic mass is 10.1. The summed E-state index contributed by atoms with van der Waals surface area (Å²) < 4.78 is 1.24. The minimum absolute atomic E-state index is 0.0153. The van der Waals surface area contributed by atoms with Crippen molar-refractivity contribution in [1.82, 2.24) is 14.8 Å². The van der Waals surface area contributed by atoms with E-state index in [1.807, 2.05) is 32.0 Å². The zero-order valence-electron chi connectivity index (χ0n) is 16.7. The molecule has 152 valence electrons. The molecule has 0 spiro atoms. The number of thiazole rings is 1. The van der Waals surface area contributed by atoms with Crippen LogP contribution < -0.4 is 5.32 Å². The standard InChI is InChI=1S/C22H25ClN4OS/c1-15-11-16(2)22(17(23)12-15)25-20(28)13-26-7-9-27(10-8-26)14-21-24-18-5-3-4-6-19(18)29-21/h3-6,11-12H,7-10,13-14H2,1-2H3,(H,25,28). The average Bonchev–Trinajstić information content (AvgIpc) is 3.08. The molecule has 2 aromatic carbocycles. The lowest BCUT2D eigenvalue weighted by Gasteiger charge is -2.33. The first-order valence-electron chi connectivity index (χ1n) is 9.84. The van der Waals surface area contributed by atoms with Crippen LogP contribution in [0.5, 0.6) is 0 Å². The molecule has 3 aromatic rings. The summed E-state index contributed by atoms with van der Waals surface area (Å²) in [6.45, 7) is 8.85. The highest BCUT2D eigenvalue weighted by atomic mass is 35.5. The van der Waals surface area contributed by atoms with Gasteiger partial charge in [0.25, 0.3) is 0 Å². The fourth-order valence-electron chi connectivity index (χ4n) is 3.74. The SMILES string of the molecule is Cc1cc(C)c(NC(=O)CN2CCN(Cc3nc4ccccc4s3)CC2)c(Cl)c1. The Hall–Kier alpha value is -1.99. The molecular formula is C22H25ClN4OS. The number of aryl methyl sites for hydroxylation is 2. The number of hydrogen-bond donors (Lipinski definition) is 1. The van der Waals surface area contributed by atoms with Crippen molar-refractivity contribution >= 4 is 44.7 Å². The molecule has 1 aromatic heterocycles. The highest BCUT2D eigenvalue weighted by Crippen LogP contribution is 2.27. The number of halogens is 1. The van der Waals surface area contributed by atoms with Gasteiger partial charge in [0, 0.05) is 26.2 Å². The van der Waals surface area contributed by atoms with Crippen LogP contribution in [-0.2, 0) is 11.3 Å². The molecule has 0 aliphatic carbocycles. The van der Waals surface area contributed by atoms with Gasteiger partial charge in [-0.2, -0.15) is 0 Å². The molecule has 0 radical (unpaired) electrons. The number of anilines is 1. The van der Waals surface area contributed by atoms with E-state index in [1.165, 1.54) is 4.70 Å². The molecule has 1 aliphatic heterocycles. The van der Waals surface area contributed by atoms with E-state index in [9.17, 15) is 4.79 Å². The van der Waals surface area contributed by atoms with Crippen molar-refractivity contribution in [3.8, 4) is 0 Å². The summed E-state index contributed by atoms with van der Waals surface area (Å²) >= 11 is 8.07. The molecule has 0 saturated carbocycles. The molecule has 0 atom stereocenters. The summed E-state index contributed by atoms with van der Waals surface area (Å²) in [6.07, 6.45) is 0. The number of rotatable bonds is 5. The van der Waals surface area contributed by atoms with Gasteiger partial charge in [-0.3, -0.25) is 14.6 Å². The fraction of sp³-hybridized carbons (Fsp3) is 0.364. The van der Waals surface area contributed by atoms with Crippen LogP contribution in [0.2, 0.25) is 5.02 Å². The summed E-state index contributed by atoms with van der Waals surface area (Å²) in [7, 11) is 0. The number of benzene rings is 2. The van der Waals surface area contributed by atoms with Crippen LogP contribution in [-0.4, -0.2) is 53.4 Å². The Morgan fingerprint density at radius 2 is 1.86 bits per heavy atom. The molecule has 2 heterocycles. The van der Waals surface area contributed by atoms with E-state index in [4.69, 9.17) is 16.6 Å². The number of nitrogens with one attached hydrogen (secondary N) is 1. The predicted octanol–water partition coefficient (Wildman–Crippen LogP) is 4.32. The van der Waals surface area contributed by atoms with Crippen molar-refractivity contribution < 1.29 is 4.79 Å². The summed E-state index contributed by atoms with van der Waals surface area (Å²) in [5, 5.41) is 4.73. The van der Waals surface area contributed by atoms with Gasteiger partial charge in [-0.05, 0) is 43.2 Å². The molecule has 1 fully saturated rings.